The first-order valence-corrected chi connectivity index (χ1v) is 8.84. The van der Waals surface area contributed by atoms with E-state index in [-0.39, 0.29) is 5.41 Å². The second-order valence-electron chi connectivity index (χ2n) is 6.12. The molecule has 0 saturated heterocycles. The molecule has 0 spiro atoms. The molecule has 0 aromatic heterocycles. The van der Waals surface area contributed by atoms with Gasteiger partial charge >= 0.3 is 5.17 Å². The third kappa shape index (κ3) is 4.11. The number of nitrogens with one attached hydrogen (secondary N) is 1. The van der Waals surface area contributed by atoms with E-state index in [0.29, 0.717) is 5.17 Å². The Morgan fingerprint density at radius 3 is 2.71 bits per heavy atom. The summed E-state index contributed by atoms with van der Waals surface area (Å²) in [6, 6.07) is 8.66. The second-order valence-corrected chi connectivity index (χ2v) is 7.42. The predicted molar refractivity (Wildman–Crippen MR) is 90.9 cm³/mol. The average molecular weight is 304 g/mol. The van der Waals surface area contributed by atoms with E-state index in [0.717, 1.165) is 31.4 Å². The fourth-order valence-electron chi connectivity index (χ4n) is 3.05. The molecule has 1 N–H and O–H groups in total. The van der Waals surface area contributed by atoms with E-state index in [4.69, 9.17) is 0 Å². The zero-order valence-corrected chi connectivity index (χ0v) is 13.9. The highest BCUT2D eigenvalue weighted by molar-refractivity contribution is 8.05. The molecule has 2 rings (SSSR count). The molecule has 0 heterocycles. The van der Waals surface area contributed by atoms with Crippen LogP contribution in [0.15, 0.2) is 41.5 Å². The maximum absolute atomic E-state index is 11.5. The van der Waals surface area contributed by atoms with E-state index in [2.05, 4.69) is 48.1 Å². The third-order valence-electron chi connectivity index (χ3n) is 4.11. The molecule has 1 aromatic rings. The van der Waals surface area contributed by atoms with Crippen molar-refractivity contribution in [2.45, 2.75) is 32.6 Å². The summed E-state index contributed by atoms with van der Waals surface area (Å²) in [5, 5.41) is 3.39. The van der Waals surface area contributed by atoms with Gasteiger partial charge in [-0.3, -0.25) is 0 Å². The van der Waals surface area contributed by atoms with Crippen molar-refractivity contribution in [1.82, 2.24) is 5.32 Å². The van der Waals surface area contributed by atoms with Crippen LogP contribution in [0.4, 0.5) is 0 Å². The molecule has 0 saturated carbocycles. The number of aliphatic imine (C=N–C) groups is 1. The van der Waals surface area contributed by atoms with Gasteiger partial charge in [-0.1, -0.05) is 37.8 Å². The Balaban J connectivity index is 2.08. The summed E-state index contributed by atoms with van der Waals surface area (Å²) in [7, 11) is 1.74. The lowest BCUT2D eigenvalue weighted by Gasteiger charge is -2.35. The number of benzene rings is 1. The number of rotatable bonds is 3. The quantitative estimate of drug-likeness (QED) is 0.530. The molecule has 1 aromatic carbocycles. The molecule has 114 valence electrons. The molecule has 1 aliphatic rings. The highest BCUT2D eigenvalue weighted by Crippen LogP contribution is 2.39. The first-order valence-electron chi connectivity index (χ1n) is 7.28. The first-order chi connectivity index (χ1) is 9.93. The number of nitrogens with zero attached hydrogens (tertiary/aromatic N) is 1. The summed E-state index contributed by atoms with van der Waals surface area (Å²) in [5.74, 6) is 0. The van der Waals surface area contributed by atoms with Crippen molar-refractivity contribution in [2.24, 2.45) is 10.4 Å². The Morgan fingerprint density at radius 2 is 2.10 bits per heavy atom. The minimum atomic E-state index is -1.10. The molecule has 2 atom stereocenters. The normalized spacial score (nSPS) is 23.3. The minimum Gasteiger partial charge on any atom is -0.609 e. The fourth-order valence-corrected chi connectivity index (χ4v) is 3.59. The van der Waals surface area contributed by atoms with Gasteiger partial charge in [-0.15, -0.1) is 0 Å². The van der Waals surface area contributed by atoms with Crippen molar-refractivity contribution in [2.75, 3.05) is 13.3 Å². The van der Waals surface area contributed by atoms with Crippen molar-refractivity contribution in [3.05, 3.63) is 47.7 Å². The van der Waals surface area contributed by atoms with Crippen molar-refractivity contribution in [3.63, 3.8) is 0 Å². The number of allylic oxidation sites excluding steroid dienone is 1. The van der Waals surface area contributed by atoms with Gasteiger partial charge in [0.25, 0.3) is 0 Å². The average Bonchev–Trinajstić information content (AvgIpc) is 2.43. The van der Waals surface area contributed by atoms with Crippen LogP contribution in [-0.2, 0) is 24.0 Å². The van der Waals surface area contributed by atoms with E-state index in [1.54, 1.807) is 13.3 Å². The molecule has 3 nitrogen and oxygen atoms in total. The standard InChI is InChI=1S/C17H24N2OS/c1-13(19-16(18-3)21(4)20)11-17(2)10-9-14-7-5-6-8-15(14)12-17/h5-8H,1,9-12H2,2-4H3,(H,18,19). The molecular formula is C17H24N2OS. The van der Waals surface area contributed by atoms with Crippen LogP contribution in [0.2, 0.25) is 0 Å². The summed E-state index contributed by atoms with van der Waals surface area (Å²) in [6.45, 7) is 6.36. The fraction of sp³-hybridized carbons (Fsp3) is 0.471. The molecule has 0 radical (unpaired) electrons. The van der Waals surface area contributed by atoms with Crippen LogP contribution in [0.25, 0.3) is 0 Å². The zero-order valence-electron chi connectivity index (χ0n) is 13.1. The Bertz CT molecular complexity index is 553. The van der Waals surface area contributed by atoms with Gasteiger partial charge in [0.1, 0.15) is 6.26 Å². The van der Waals surface area contributed by atoms with Crippen LogP contribution in [0.3, 0.4) is 0 Å². The van der Waals surface area contributed by atoms with Crippen LogP contribution in [0, 0.1) is 5.41 Å². The Hall–Kier alpha value is -1.26. The van der Waals surface area contributed by atoms with Gasteiger partial charge in [0.05, 0.1) is 0 Å². The molecule has 0 fully saturated rings. The van der Waals surface area contributed by atoms with Crippen molar-refractivity contribution >= 4 is 16.3 Å². The Kier molecular flexibility index (Phi) is 5.12. The molecule has 21 heavy (non-hydrogen) atoms. The molecule has 2 unspecified atom stereocenters. The summed E-state index contributed by atoms with van der Waals surface area (Å²) < 4.78 is 11.5. The maximum Gasteiger partial charge on any atom is 0.316 e. The summed E-state index contributed by atoms with van der Waals surface area (Å²) in [5.41, 5.74) is 3.89. The SMILES string of the molecule is C=C(CC1(C)CCc2ccccc2C1)/N=C(\NC)[S+](C)[O-]. The molecular weight excluding hydrogens is 280 g/mol. The Labute approximate surface area is 130 Å². The lowest BCUT2D eigenvalue weighted by Crippen LogP contribution is -2.29. The smallest absolute Gasteiger partial charge is 0.316 e. The number of fused-ring (bicyclic) bond motifs is 1. The van der Waals surface area contributed by atoms with Gasteiger partial charge in [0.2, 0.25) is 0 Å². The van der Waals surface area contributed by atoms with Gasteiger partial charge in [0.15, 0.2) is 0 Å². The summed E-state index contributed by atoms with van der Waals surface area (Å²) in [4.78, 5) is 4.40. The van der Waals surface area contributed by atoms with E-state index in [1.165, 1.54) is 11.1 Å². The highest BCUT2D eigenvalue weighted by Gasteiger charge is 2.30. The summed E-state index contributed by atoms with van der Waals surface area (Å²) >= 11 is -1.10. The number of hydrogen-bond donors (Lipinski definition) is 1. The first kappa shape index (κ1) is 16.1. The van der Waals surface area contributed by atoms with Crippen LogP contribution in [0.5, 0.6) is 0 Å². The molecule has 1 aliphatic carbocycles. The largest absolute Gasteiger partial charge is 0.609 e. The van der Waals surface area contributed by atoms with Gasteiger partial charge in [-0.25, -0.2) is 0 Å². The lowest BCUT2D eigenvalue weighted by molar-refractivity contribution is 0.275. The highest BCUT2D eigenvalue weighted by atomic mass is 32.2. The van der Waals surface area contributed by atoms with Crippen molar-refractivity contribution < 1.29 is 4.55 Å². The van der Waals surface area contributed by atoms with E-state index < -0.39 is 11.2 Å². The van der Waals surface area contributed by atoms with E-state index in [1.807, 2.05) is 0 Å². The minimum absolute atomic E-state index is 0.184. The lowest BCUT2D eigenvalue weighted by atomic mass is 9.70. The topological polar surface area (TPSA) is 47.5 Å². The van der Waals surface area contributed by atoms with Gasteiger partial charge < -0.3 is 9.87 Å². The number of aryl methyl sites for hydroxylation is 1. The Morgan fingerprint density at radius 1 is 1.43 bits per heavy atom. The zero-order chi connectivity index (χ0) is 15.5. The number of hydrogen-bond acceptors (Lipinski definition) is 2. The predicted octanol–water partition coefficient (Wildman–Crippen LogP) is 3.04. The van der Waals surface area contributed by atoms with E-state index in [9.17, 15) is 4.55 Å². The number of amidine groups is 1. The van der Waals surface area contributed by atoms with Crippen LogP contribution >= 0.6 is 0 Å². The summed E-state index contributed by atoms with van der Waals surface area (Å²) in [6.07, 6.45) is 5.78. The van der Waals surface area contributed by atoms with Gasteiger partial charge in [0, 0.05) is 23.9 Å². The molecule has 0 aliphatic heterocycles. The second kappa shape index (κ2) is 6.67. The van der Waals surface area contributed by atoms with Crippen molar-refractivity contribution in [3.8, 4) is 0 Å². The van der Waals surface area contributed by atoms with Crippen molar-refractivity contribution in [1.29, 1.82) is 0 Å². The van der Waals surface area contributed by atoms with E-state index >= 15 is 0 Å². The molecule has 4 heteroatoms. The molecule has 0 bridgehead atoms. The van der Waals surface area contributed by atoms with Crippen LogP contribution in [-0.4, -0.2) is 23.0 Å². The molecule has 0 amide bonds. The third-order valence-corrected chi connectivity index (χ3v) is 4.95. The van der Waals surface area contributed by atoms with Gasteiger partial charge in [-0.05, 0) is 42.2 Å². The van der Waals surface area contributed by atoms with Crippen LogP contribution < -0.4 is 5.32 Å². The maximum atomic E-state index is 11.5. The van der Waals surface area contributed by atoms with Crippen LogP contribution in [0.1, 0.15) is 30.9 Å². The van der Waals surface area contributed by atoms with Gasteiger partial charge in [-0.2, -0.15) is 4.99 Å². The monoisotopic (exact) mass is 304 g/mol.